The Labute approximate surface area is 186 Å². The molecule has 1 amide bonds. The van der Waals surface area contributed by atoms with Gasteiger partial charge in [-0.05, 0) is 49.0 Å². The first-order valence-corrected chi connectivity index (χ1v) is 10.4. The predicted molar refractivity (Wildman–Crippen MR) is 121 cm³/mol. The van der Waals surface area contributed by atoms with Gasteiger partial charge in [0, 0.05) is 24.2 Å². The van der Waals surface area contributed by atoms with E-state index in [1.54, 1.807) is 32.3 Å². The summed E-state index contributed by atoms with van der Waals surface area (Å²) in [6.45, 7) is 1.66. The van der Waals surface area contributed by atoms with Gasteiger partial charge >= 0.3 is 6.09 Å². The SMILES string of the molecule is Cc1c(F)cccc1CN(C)[C@H](COC(=O)Nc1cc2ccccc2cn1)C[C@H](O)CO. The highest BCUT2D eigenvalue weighted by Gasteiger charge is 2.22. The zero-order chi connectivity index (χ0) is 23.1. The van der Waals surface area contributed by atoms with E-state index in [1.165, 1.54) is 6.07 Å². The fourth-order valence-corrected chi connectivity index (χ4v) is 3.45. The van der Waals surface area contributed by atoms with Crippen molar-refractivity contribution in [1.29, 1.82) is 0 Å². The molecule has 1 heterocycles. The molecule has 3 rings (SSSR count). The number of nitrogens with zero attached hydrogens (tertiary/aromatic N) is 2. The van der Waals surface area contributed by atoms with E-state index >= 15 is 0 Å². The first-order valence-electron chi connectivity index (χ1n) is 10.4. The third-order valence-electron chi connectivity index (χ3n) is 5.45. The lowest BCUT2D eigenvalue weighted by molar-refractivity contribution is 0.0381. The molecular formula is C24H28FN3O4. The van der Waals surface area contributed by atoms with Crippen molar-refractivity contribution in [3.8, 4) is 0 Å². The van der Waals surface area contributed by atoms with E-state index in [0.717, 1.165) is 16.3 Å². The minimum absolute atomic E-state index is 0.0265. The maximum Gasteiger partial charge on any atom is 0.412 e. The van der Waals surface area contributed by atoms with Crippen molar-refractivity contribution in [1.82, 2.24) is 9.88 Å². The quantitative estimate of drug-likeness (QED) is 0.471. The normalized spacial score (nSPS) is 13.2. The molecule has 32 heavy (non-hydrogen) atoms. The maximum absolute atomic E-state index is 13.9. The summed E-state index contributed by atoms with van der Waals surface area (Å²) in [5.41, 5.74) is 1.34. The van der Waals surface area contributed by atoms with Gasteiger partial charge in [-0.2, -0.15) is 0 Å². The number of aromatic nitrogens is 1. The highest BCUT2D eigenvalue weighted by atomic mass is 19.1. The number of fused-ring (bicyclic) bond motifs is 1. The Bertz CT molecular complexity index is 1060. The Morgan fingerprint density at radius 1 is 1.22 bits per heavy atom. The van der Waals surface area contributed by atoms with Crippen LogP contribution in [0.15, 0.2) is 54.7 Å². The number of rotatable bonds is 9. The molecule has 0 aliphatic rings. The number of carbonyl (C=O) groups is 1. The van der Waals surface area contributed by atoms with E-state index in [9.17, 15) is 19.4 Å². The molecule has 0 saturated heterocycles. The molecule has 7 nitrogen and oxygen atoms in total. The third kappa shape index (κ3) is 6.23. The monoisotopic (exact) mass is 441 g/mol. The van der Waals surface area contributed by atoms with Crippen LogP contribution < -0.4 is 5.32 Å². The second-order valence-electron chi connectivity index (χ2n) is 7.81. The number of hydrogen-bond acceptors (Lipinski definition) is 6. The summed E-state index contributed by atoms with van der Waals surface area (Å²) in [7, 11) is 1.80. The summed E-state index contributed by atoms with van der Waals surface area (Å²) in [4.78, 5) is 18.4. The van der Waals surface area contributed by atoms with E-state index in [2.05, 4.69) is 10.3 Å². The van der Waals surface area contributed by atoms with Gasteiger partial charge in [-0.25, -0.2) is 14.2 Å². The lowest BCUT2D eigenvalue weighted by Gasteiger charge is -2.29. The number of ether oxygens (including phenoxy) is 1. The summed E-state index contributed by atoms with van der Waals surface area (Å²) in [5, 5.41) is 23.7. The van der Waals surface area contributed by atoms with Gasteiger partial charge in [0.15, 0.2) is 0 Å². The second kappa shape index (κ2) is 11.0. The zero-order valence-electron chi connectivity index (χ0n) is 18.2. The number of likely N-dealkylation sites (N-methyl/N-ethyl adjacent to an activating group) is 1. The number of carbonyl (C=O) groups excluding carboxylic acids is 1. The summed E-state index contributed by atoms with van der Waals surface area (Å²) >= 11 is 0. The van der Waals surface area contributed by atoms with Crippen LogP contribution in [0.2, 0.25) is 0 Å². The van der Waals surface area contributed by atoms with E-state index in [4.69, 9.17) is 4.74 Å². The van der Waals surface area contributed by atoms with Crippen molar-refractivity contribution in [3.63, 3.8) is 0 Å². The van der Waals surface area contributed by atoms with Gasteiger partial charge in [0.1, 0.15) is 18.2 Å². The molecule has 0 aliphatic heterocycles. The Hall–Kier alpha value is -3.07. The van der Waals surface area contributed by atoms with Crippen molar-refractivity contribution in [2.75, 3.05) is 25.6 Å². The lowest BCUT2D eigenvalue weighted by Crippen LogP contribution is -2.40. The van der Waals surface area contributed by atoms with Crippen LogP contribution >= 0.6 is 0 Å². The molecule has 0 unspecified atom stereocenters. The number of anilines is 1. The number of benzene rings is 2. The van der Waals surface area contributed by atoms with Gasteiger partial charge in [0.05, 0.1) is 12.7 Å². The van der Waals surface area contributed by atoms with Crippen LogP contribution in [0.1, 0.15) is 17.5 Å². The molecular weight excluding hydrogens is 413 g/mol. The average molecular weight is 442 g/mol. The van der Waals surface area contributed by atoms with Gasteiger partial charge in [0.25, 0.3) is 0 Å². The number of halogens is 1. The first kappa shape index (κ1) is 23.6. The molecule has 1 aromatic heterocycles. The van der Waals surface area contributed by atoms with Crippen molar-refractivity contribution in [3.05, 3.63) is 71.7 Å². The molecule has 3 aromatic rings. The molecule has 0 bridgehead atoms. The van der Waals surface area contributed by atoms with E-state index in [0.29, 0.717) is 17.9 Å². The fourth-order valence-electron chi connectivity index (χ4n) is 3.45. The first-order chi connectivity index (χ1) is 15.4. The van der Waals surface area contributed by atoms with E-state index < -0.39 is 24.8 Å². The largest absolute Gasteiger partial charge is 0.448 e. The number of aliphatic hydroxyl groups excluding tert-OH is 2. The van der Waals surface area contributed by atoms with Crippen molar-refractivity contribution in [2.45, 2.75) is 32.0 Å². The topological polar surface area (TPSA) is 94.9 Å². The molecule has 0 saturated carbocycles. The molecule has 3 N–H and O–H groups in total. The highest BCUT2D eigenvalue weighted by molar-refractivity contribution is 5.89. The molecule has 2 atom stereocenters. The zero-order valence-corrected chi connectivity index (χ0v) is 18.2. The van der Waals surface area contributed by atoms with Crippen LogP contribution in [-0.2, 0) is 11.3 Å². The van der Waals surface area contributed by atoms with E-state index in [1.807, 2.05) is 35.2 Å². The van der Waals surface area contributed by atoms with Crippen molar-refractivity contribution >= 4 is 22.7 Å². The summed E-state index contributed by atoms with van der Waals surface area (Å²) in [5.74, 6) is 0.0748. The van der Waals surface area contributed by atoms with Crippen LogP contribution in [0.4, 0.5) is 15.0 Å². The average Bonchev–Trinajstić information content (AvgIpc) is 2.79. The van der Waals surface area contributed by atoms with Gasteiger partial charge in [0.2, 0.25) is 0 Å². The van der Waals surface area contributed by atoms with Gasteiger partial charge < -0.3 is 14.9 Å². The lowest BCUT2D eigenvalue weighted by atomic mass is 10.1. The molecule has 0 radical (unpaired) electrons. The second-order valence-corrected chi connectivity index (χ2v) is 7.81. The van der Waals surface area contributed by atoms with Gasteiger partial charge in [-0.1, -0.05) is 36.4 Å². The molecule has 0 spiro atoms. The predicted octanol–water partition coefficient (Wildman–Crippen LogP) is 3.47. The Morgan fingerprint density at radius 3 is 2.72 bits per heavy atom. The van der Waals surface area contributed by atoms with Crippen LogP contribution in [0, 0.1) is 12.7 Å². The van der Waals surface area contributed by atoms with Crippen LogP contribution in [0.5, 0.6) is 0 Å². The summed E-state index contributed by atoms with van der Waals surface area (Å²) in [6, 6.07) is 13.9. The smallest absolute Gasteiger partial charge is 0.412 e. The number of nitrogens with one attached hydrogen (secondary N) is 1. The van der Waals surface area contributed by atoms with E-state index in [-0.39, 0.29) is 18.8 Å². The molecule has 170 valence electrons. The molecule has 8 heteroatoms. The fraction of sp³-hybridized carbons (Fsp3) is 0.333. The maximum atomic E-state index is 13.9. The number of amides is 1. The number of aliphatic hydroxyl groups is 2. The Morgan fingerprint density at radius 2 is 1.97 bits per heavy atom. The summed E-state index contributed by atoms with van der Waals surface area (Å²) < 4.78 is 19.3. The van der Waals surface area contributed by atoms with Crippen LogP contribution in [-0.4, -0.2) is 58.6 Å². The van der Waals surface area contributed by atoms with Crippen LogP contribution in [0.25, 0.3) is 10.8 Å². The summed E-state index contributed by atoms with van der Waals surface area (Å²) in [6.07, 6.45) is 0.208. The van der Waals surface area contributed by atoms with Gasteiger partial charge in [-0.15, -0.1) is 0 Å². The Kier molecular flexibility index (Phi) is 8.10. The van der Waals surface area contributed by atoms with Crippen LogP contribution in [0.3, 0.4) is 0 Å². The number of hydrogen-bond donors (Lipinski definition) is 3. The molecule has 0 aliphatic carbocycles. The van der Waals surface area contributed by atoms with Crippen molar-refractivity contribution < 1.29 is 24.1 Å². The highest BCUT2D eigenvalue weighted by Crippen LogP contribution is 2.18. The standard InChI is InChI=1S/C24H28FN3O4/c1-16-19(8-5-9-22(16)25)13-28(2)20(11-21(30)14-29)15-32-24(31)27-23-10-17-6-3-4-7-18(17)12-26-23/h3-10,12,20-21,29-30H,11,13-15H2,1-2H3,(H,26,27,31)/t20-,21-/m0/s1. The third-order valence-corrected chi connectivity index (χ3v) is 5.45. The van der Waals surface area contributed by atoms with Gasteiger partial charge in [-0.3, -0.25) is 10.2 Å². The molecule has 2 aromatic carbocycles. The minimum Gasteiger partial charge on any atom is -0.448 e. The van der Waals surface area contributed by atoms with Crippen molar-refractivity contribution in [2.24, 2.45) is 0 Å². The molecule has 0 fully saturated rings. The Balaban J connectivity index is 1.63. The minimum atomic E-state index is -0.968. The number of pyridine rings is 1.